The number of anilines is 2. The molecule has 3 amide bonds. The monoisotopic (exact) mass is 406 g/mol. The van der Waals surface area contributed by atoms with Crippen LogP contribution in [0.4, 0.5) is 11.4 Å². The Morgan fingerprint density at radius 2 is 2.10 bits per heavy atom. The largest absolute Gasteiger partial charge is 0.348 e. The van der Waals surface area contributed by atoms with E-state index in [1.807, 2.05) is 50.2 Å². The van der Waals surface area contributed by atoms with Gasteiger partial charge in [-0.15, -0.1) is 0 Å². The number of benzene rings is 1. The summed E-state index contributed by atoms with van der Waals surface area (Å²) >= 11 is 0. The van der Waals surface area contributed by atoms with Crippen LogP contribution in [-0.4, -0.2) is 35.8 Å². The van der Waals surface area contributed by atoms with Crippen LogP contribution in [0.1, 0.15) is 44.0 Å². The zero-order valence-electron chi connectivity index (χ0n) is 17.3. The van der Waals surface area contributed by atoms with Gasteiger partial charge in [0.1, 0.15) is 0 Å². The Morgan fingerprint density at radius 3 is 2.83 bits per heavy atom. The van der Waals surface area contributed by atoms with Crippen molar-refractivity contribution in [3.63, 3.8) is 0 Å². The third kappa shape index (κ3) is 3.79. The summed E-state index contributed by atoms with van der Waals surface area (Å²) in [5.74, 6) is -0.474. The van der Waals surface area contributed by atoms with Crippen LogP contribution >= 0.6 is 0 Å². The van der Waals surface area contributed by atoms with E-state index >= 15 is 0 Å². The van der Waals surface area contributed by atoms with Crippen molar-refractivity contribution >= 4 is 29.1 Å². The second-order valence-electron chi connectivity index (χ2n) is 7.85. The van der Waals surface area contributed by atoms with Crippen molar-refractivity contribution in [1.29, 1.82) is 0 Å². The molecule has 1 fully saturated rings. The smallest absolute Gasteiger partial charge is 0.227 e. The normalized spacial score (nSPS) is 19.0. The van der Waals surface area contributed by atoms with Crippen molar-refractivity contribution in [2.75, 3.05) is 22.9 Å². The van der Waals surface area contributed by atoms with Crippen LogP contribution in [0.3, 0.4) is 0 Å². The summed E-state index contributed by atoms with van der Waals surface area (Å²) in [6.07, 6.45) is 3.14. The number of pyridine rings is 1. The molecule has 7 nitrogen and oxygen atoms in total. The molecule has 7 heteroatoms. The van der Waals surface area contributed by atoms with Gasteiger partial charge in [0, 0.05) is 43.5 Å². The maximum Gasteiger partial charge on any atom is 0.227 e. The molecule has 1 saturated heterocycles. The molecule has 2 atom stereocenters. The Kier molecular flexibility index (Phi) is 5.53. The fourth-order valence-electron chi connectivity index (χ4n) is 4.18. The van der Waals surface area contributed by atoms with E-state index in [1.165, 1.54) is 0 Å². The molecule has 0 saturated carbocycles. The van der Waals surface area contributed by atoms with Gasteiger partial charge in [-0.05, 0) is 49.2 Å². The standard InChI is InChI=1S/C23H26N4O3/c1-3-21(28)26-11-9-16-12-18(7-8-20(16)26)27-14-17(13-22(27)29)23(30)25-15(2)19-6-4-5-10-24-19/h4-8,10,12,15,17H,3,9,11,13-14H2,1-2H3,(H,25,30)/t15-,17-/m1/s1. The van der Waals surface area contributed by atoms with Crippen molar-refractivity contribution in [3.05, 3.63) is 53.9 Å². The number of carbonyl (C=O) groups is 3. The number of carbonyl (C=O) groups excluding carboxylic acids is 3. The average Bonchev–Trinajstić information content (AvgIpc) is 3.36. The molecule has 0 aliphatic carbocycles. The number of aromatic nitrogens is 1. The molecule has 1 aromatic heterocycles. The molecule has 1 aromatic carbocycles. The number of amides is 3. The molecule has 1 N–H and O–H groups in total. The van der Waals surface area contributed by atoms with Gasteiger partial charge in [-0.2, -0.15) is 0 Å². The molecular formula is C23H26N4O3. The minimum Gasteiger partial charge on any atom is -0.348 e. The van der Waals surface area contributed by atoms with Gasteiger partial charge < -0.3 is 15.1 Å². The lowest BCUT2D eigenvalue weighted by atomic mass is 10.1. The van der Waals surface area contributed by atoms with Crippen molar-refractivity contribution in [3.8, 4) is 0 Å². The van der Waals surface area contributed by atoms with E-state index in [0.29, 0.717) is 19.5 Å². The molecule has 4 rings (SSSR count). The predicted molar refractivity (Wildman–Crippen MR) is 114 cm³/mol. The summed E-state index contributed by atoms with van der Waals surface area (Å²) in [6.45, 7) is 4.78. The topological polar surface area (TPSA) is 82.6 Å². The Hall–Kier alpha value is -3.22. The molecule has 2 aliphatic rings. The van der Waals surface area contributed by atoms with Gasteiger partial charge in [0.2, 0.25) is 17.7 Å². The Labute approximate surface area is 176 Å². The van der Waals surface area contributed by atoms with E-state index in [4.69, 9.17) is 0 Å². The summed E-state index contributed by atoms with van der Waals surface area (Å²) in [6, 6.07) is 11.1. The first-order valence-corrected chi connectivity index (χ1v) is 10.4. The van der Waals surface area contributed by atoms with Gasteiger partial charge in [0.15, 0.2) is 0 Å². The zero-order valence-corrected chi connectivity index (χ0v) is 17.3. The highest BCUT2D eigenvalue weighted by atomic mass is 16.2. The van der Waals surface area contributed by atoms with Gasteiger partial charge in [0.25, 0.3) is 0 Å². The van der Waals surface area contributed by atoms with E-state index in [1.54, 1.807) is 16.0 Å². The SMILES string of the molecule is CCC(=O)N1CCc2cc(N3C[C@H](C(=O)N[C@H](C)c4ccccn4)CC3=O)ccc21. The molecule has 156 valence electrons. The molecule has 0 unspecified atom stereocenters. The van der Waals surface area contributed by atoms with Crippen LogP contribution in [-0.2, 0) is 20.8 Å². The number of nitrogens with one attached hydrogen (secondary N) is 1. The Bertz CT molecular complexity index is 976. The minimum absolute atomic E-state index is 0.0555. The van der Waals surface area contributed by atoms with E-state index in [9.17, 15) is 14.4 Å². The van der Waals surface area contributed by atoms with Gasteiger partial charge in [-0.25, -0.2) is 0 Å². The highest BCUT2D eigenvalue weighted by Gasteiger charge is 2.36. The van der Waals surface area contributed by atoms with Crippen molar-refractivity contribution in [2.24, 2.45) is 5.92 Å². The van der Waals surface area contributed by atoms with E-state index < -0.39 is 5.92 Å². The molecule has 2 aromatic rings. The Balaban J connectivity index is 1.44. The lowest BCUT2D eigenvalue weighted by molar-refractivity contribution is -0.126. The fourth-order valence-corrected chi connectivity index (χ4v) is 4.18. The van der Waals surface area contributed by atoms with E-state index in [2.05, 4.69) is 10.3 Å². The Morgan fingerprint density at radius 1 is 1.27 bits per heavy atom. The highest BCUT2D eigenvalue weighted by molar-refractivity contribution is 6.01. The predicted octanol–water partition coefficient (Wildman–Crippen LogP) is 2.61. The molecule has 0 radical (unpaired) electrons. The molecule has 30 heavy (non-hydrogen) atoms. The number of hydrogen-bond donors (Lipinski definition) is 1. The van der Waals surface area contributed by atoms with Crippen molar-refractivity contribution in [1.82, 2.24) is 10.3 Å². The summed E-state index contributed by atoms with van der Waals surface area (Å²) in [7, 11) is 0. The number of hydrogen-bond acceptors (Lipinski definition) is 4. The van der Waals surface area contributed by atoms with E-state index in [-0.39, 0.29) is 30.2 Å². The van der Waals surface area contributed by atoms with Crippen molar-refractivity contribution in [2.45, 2.75) is 39.2 Å². The van der Waals surface area contributed by atoms with Crippen LogP contribution in [0.5, 0.6) is 0 Å². The van der Waals surface area contributed by atoms with Crippen LogP contribution in [0.25, 0.3) is 0 Å². The molecular weight excluding hydrogens is 380 g/mol. The summed E-state index contributed by atoms with van der Waals surface area (Å²) in [4.78, 5) is 45.2. The first-order valence-electron chi connectivity index (χ1n) is 10.4. The molecule has 2 aliphatic heterocycles. The number of fused-ring (bicyclic) bond motifs is 1. The fraction of sp³-hybridized carbons (Fsp3) is 0.391. The first kappa shape index (κ1) is 20.1. The lowest BCUT2D eigenvalue weighted by Crippen LogP contribution is -2.34. The highest BCUT2D eigenvalue weighted by Crippen LogP contribution is 2.34. The van der Waals surface area contributed by atoms with Crippen LogP contribution in [0.15, 0.2) is 42.6 Å². The van der Waals surface area contributed by atoms with Crippen molar-refractivity contribution < 1.29 is 14.4 Å². The summed E-state index contributed by atoms with van der Waals surface area (Å²) < 4.78 is 0. The van der Waals surface area contributed by atoms with Gasteiger partial charge in [-0.3, -0.25) is 19.4 Å². The third-order valence-electron chi connectivity index (χ3n) is 5.86. The summed E-state index contributed by atoms with van der Waals surface area (Å²) in [5, 5.41) is 2.97. The van der Waals surface area contributed by atoms with Gasteiger partial charge in [-0.1, -0.05) is 13.0 Å². The summed E-state index contributed by atoms with van der Waals surface area (Å²) in [5.41, 5.74) is 3.57. The molecule has 0 spiro atoms. The van der Waals surface area contributed by atoms with Crippen LogP contribution < -0.4 is 15.1 Å². The number of nitrogens with zero attached hydrogens (tertiary/aromatic N) is 3. The third-order valence-corrected chi connectivity index (χ3v) is 5.86. The maximum absolute atomic E-state index is 12.7. The quantitative estimate of drug-likeness (QED) is 0.828. The lowest BCUT2D eigenvalue weighted by Gasteiger charge is -2.20. The van der Waals surface area contributed by atoms with Gasteiger partial charge in [0.05, 0.1) is 17.7 Å². The van der Waals surface area contributed by atoms with E-state index in [0.717, 1.165) is 29.1 Å². The second kappa shape index (κ2) is 8.26. The number of rotatable bonds is 5. The van der Waals surface area contributed by atoms with Crippen LogP contribution in [0.2, 0.25) is 0 Å². The minimum atomic E-state index is -0.393. The van der Waals surface area contributed by atoms with Gasteiger partial charge >= 0.3 is 0 Å². The average molecular weight is 406 g/mol. The molecule has 0 bridgehead atoms. The zero-order chi connectivity index (χ0) is 21.3. The first-order chi connectivity index (χ1) is 14.5. The maximum atomic E-state index is 12.7. The molecule has 3 heterocycles. The second-order valence-corrected chi connectivity index (χ2v) is 7.85. The van der Waals surface area contributed by atoms with Crippen LogP contribution in [0, 0.1) is 5.92 Å².